The molecule has 1 aromatic heterocycles. The van der Waals surface area contributed by atoms with Gasteiger partial charge in [0.1, 0.15) is 6.61 Å². The molecule has 1 heterocycles. The monoisotopic (exact) mass is 247 g/mol. The zero-order valence-corrected chi connectivity index (χ0v) is 10.1. The number of fused-ring (bicyclic) bond motifs is 1. The second-order valence-corrected chi connectivity index (χ2v) is 3.85. The Bertz CT molecular complexity index is 616. The van der Waals surface area contributed by atoms with Crippen LogP contribution in [0.25, 0.3) is 10.9 Å². The summed E-state index contributed by atoms with van der Waals surface area (Å²) in [6.45, 7) is 1.78. The number of aryl methyl sites for hydroxylation is 1. The number of azo groups is 1. The number of aromatic nitrogens is 1. The molecule has 0 spiro atoms. The third kappa shape index (κ3) is 2.23. The van der Waals surface area contributed by atoms with Crippen LogP contribution in [0, 0.1) is 6.92 Å². The molecule has 0 aliphatic carbocycles. The molecule has 6 heteroatoms. The molecule has 1 aromatic carbocycles. The first-order chi connectivity index (χ1) is 8.63. The zero-order chi connectivity index (χ0) is 13.1. The first-order valence-electron chi connectivity index (χ1n) is 5.37. The summed E-state index contributed by atoms with van der Waals surface area (Å²) in [7, 11) is 1.40. The van der Waals surface area contributed by atoms with E-state index in [1.807, 2.05) is 19.1 Å². The van der Waals surface area contributed by atoms with Gasteiger partial charge in [-0.2, -0.15) is 0 Å². The van der Waals surface area contributed by atoms with Gasteiger partial charge in [-0.15, -0.1) is 10.2 Å². The normalized spacial score (nSPS) is 11.4. The molecule has 0 bridgehead atoms. The predicted molar refractivity (Wildman–Crippen MR) is 66.1 cm³/mol. The van der Waals surface area contributed by atoms with Crippen molar-refractivity contribution < 1.29 is 14.6 Å². The van der Waals surface area contributed by atoms with E-state index in [0.29, 0.717) is 0 Å². The van der Waals surface area contributed by atoms with Gasteiger partial charge in [0.15, 0.2) is 5.69 Å². The van der Waals surface area contributed by atoms with Crippen molar-refractivity contribution in [1.82, 2.24) is 4.98 Å². The number of para-hydroxylation sites is 1. The molecule has 0 unspecified atom stereocenters. The number of nitrogens with zero attached hydrogens (tertiary/aromatic N) is 2. The van der Waals surface area contributed by atoms with Gasteiger partial charge in [0, 0.05) is 12.5 Å². The minimum atomic E-state index is -0.501. The Hall–Kier alpha value is -2.21. The minimum absolute atomic E-state index is 0.103. The molecule has 0 fully saturated rings. The predicted octanol–water partition coefficient (Wildman–Crippen LogP) is 2.44. The number of ether oxygens (including phenoxy) is 1. The zero-order valence-electron chi connectivity index (χ0n) is 10.1. The summed E-state index contributed by atoms with van der Waals surface area (Å²) < 4.78 is 4.64. The van der Waals surface area contributed by atoms with Crippen molar-refractivity contribution in [2.24, 2.45) is 10.2 Å². The molecule has 6 nitrogen and oxygen atoms in total. The van der Waals surface area contributed by atoms with Crippen LogP contribution in [0.2, 0.25) is 0 Å². The lowest BCUT2D eigenvalue weighted by Gasteiger charge is -1.94. The number of hydrogen-bond donors (Lipinski definition) is 2. The summed E-state index contributed by atoms with van der Waals surface area (Å²) in [6.07, 6.45) is 0. The molecular formula is C12H13N3O3. The van der Waals surface area contributed by atoms with Crippen LogP contribution in [0.5, 0.6) is 5.88 Å². The number of methoxy groups -OCH3 is 1. The van der Waals surface area contributed by atoms with Gasteiger partial charge < -0.3 is 14.8 Å². The van der Waals surface area contributed by atoms with Crippen molar-refractivity contribution in [3.05, 3.63) is 23.8 Å². The number of nitrogens with one attached hydrogen (secondary N) is 1. The van der Waals surface area contributed by atoms with Gasteiger partial charge in [0.05, 0.1) is 5.52 Å². The molecule has 2 rings (SSSR count). The molecule has 2 N–H and O–H groups in total. The number of amides is 1. The largest absolute Gasteiger partial charge is 0.493 e. The standard InChI is InChI=1S/C12H13N3O3/c1-7-4-3-5-8-10(7)13-12(17)11(8)15-14-9(16)6-18-2/h3-5,13,17H,6H2,1-2H3. The highest BCUT2D eigenvalue weighted by Gasteiger charge is 2.11. The van der Waals surface area contributed by atoms with Gasteiger partial charge in [-0.3, -0.25) is 4.79 Å². The average Bonchev–Trinajstić information content (AvgIpc) is 2.65. The molecule has 0 aliphatic heterocycles. The molecule has 2 aromatic rings. The second-order valence-electron chi connectivity index (χ2n) is 3.85. The molecule has 0 saturated carbocycles. The van der Waals surface area contributed by atoms with E-state index in [2.05, 4.69) is 19.9 Å². The molecule has 0 saturated heterocycles. The highest BCUT2D eigenvalue weighted by atomic mass is 16.5. The van der Waals surface area contributed by atoms with E-state index < -0.39 is 5.91 Å². The molecule has 94 valence electrons. The van der Waals surface area contributed by atoms with E-state index in [1.54, 1.807) is 6.07 Å². The van der Waals surface area contributed by atoms with Crippen LogP contribution < -0.4 is 0 Å². The van der Waals surface area contributed by atoms with Crippen molar-refractivity contribution in [1.29, 1.82) is 0 Å². The molecule has 0 aliphatic rings. The molecule has 0 atom stereocenters. The first-order valence-corrected chi connectivity index (χ1v) is 5.37. The number of rotatable bonds is 3. The van der Waals surface area contributed by atoms with E-state index >= 15 is 0 Å². The highest BCUT2D eigenvalue weighted by molar-refractivity contribution is 5.96. The molecule has 18 heavy (non-hydrogen) atoms. The fourth-order valence-corrected chi connectivity index (χ4v) is 1.70. The van der Waals surface area contributed by atoms with Crippen molar-refractivity contribution in [2.75, 3.05) is 13.7 Å². The summed E-state index contributed by atoms with van der Waals surface area (Å²) >= 11 is 0. The van der Waals surface area contributed by atoms with Gasteiger partial charge in [0.25, 0.3) is 5.91 Å². The first kappa shape index (κ1) is 12.3. The Morgan fingerprint density at radius 2 is 2.28 bits per heavy atom. The molecular weight excluding hydrogens is 234 g/mol. The fraction of sp³-hybridized carbons (Fsp3) is 0.250. The lowest BCUT2D eigenvalue weighted by atomic mass is 10.1. The van der Waals surface area contributed by atoms with Crippen molar-refractivity contribution in [3.63, 3.8) is 0 Å². The smallest absolute Gasteiger partial charge is 0.290 e. The number of hydrogen-bond acceptors (Lipinski definition) is 4. The summed E-state index contributed by atoms with van der Waals surface area (Å²) in [5, 5.41) is 17.7. The summed E-state index contributed by atoms with van der Waals surface area (Å²) in [5.74, 6) is -0.604. The molecule has 0 radical (unpaired) electrons. The van der Waals surface area contributed by atoms with Crippen LogP contribution in [-0.4, -0.2) is 29.7 Å². The maximum atomic E-state index is 11.2. The van der Waals surface area contributed by atoms with Crippen LogP contribution >= 0.6 is 0 Å². The van der Waals surface area contributed by atoms with Gasteiger partial charge in [-0.25, -0.2) is 0 Å². The Balaban J connectivity index is 2.42. The van der Waals surface area contributed by atoms with Gasteiger partial charge >= 0.3 is 0 Å². The summed E-state index contributed by atoms with van der Waals surface area (Å²) in [6, 6.07) is 5.56. The van der Waals surface area contributed by atoms with Crippen LogP contribution in [0.4, 0.5) is 5.69 Å². The van der Waals surface area contributed by atoms with E-state index in [1.165, 1.54) is 7.11 Å². The minimum Gasteiger partial charge on any atom is -0.493 e. The lowest BCUT2D eigenvalue weighted by Crippen LogP contribution is -2.01. The van der Waals surface area contributed by atoms with Crippen molar-refractivity contribution in [2.45, 2.75) is 6.92 Å². The SMILES string of the molecule is COCC(=O)N=Nc1c(O)[nH]c2c(C)cccc12. The number of H-pyrrole nitrogens is 1. The van der Waals surface area contributed by atoms with Crippen LogP contribution in [0.1, 0.15) is 5.56 Å². The number of aromatic hydroxyl groups is 1. The number of carbonyl (C=O) groups is 1. The quantitative estimate of drug-likeness (QED) is 0.816. The Morgan fingerprint density at radius 3 is 3.00 bits per heavy atom. The number of carbonyl (C=O) groups excluding carboxylic acids is 1. The van der Waals surface area contributed by atoms with Crippen LogP contribution in [0.3, 0.4) is 0 Å². The number of benzene rings is 1. The van der Waals surface area contributed by atoms with Gasteiger partial charge in [0.2, 0.25) is 5.88 Å². The maximum absolute atomic E-state index is 11.2. The van der Waals surface area contributed by atoms with Crippen molar-refractivity contribution >= 4 is 22.5 Å². The Morgan fingerprint density at radius 1 is 1.50 bits per heavy atom. The fourth-order valence-electron chi connectivity index (χ4n) is 1.70. The molecule has 1 amide bonds. The third-order valence-corrected chi connectivity index (χ3v) is 2.52. The second kappa shape index (κ2) is 4.97. The van der Waals surface area contributed by atoms with Crippen LogP contribution in [-0.2, 0) is 9.53 Å². The van der Waals surface area contributed by atoms with Crippen molar-refractivity contribution in [3.8, 4) is 5.88 Å². The third-order valence-electron chi connectivity index (χ3n) is 2.52. The summed E-state index contributed by atoms with van der Waals surface area (Å²) in [4.78, 5) is 14.0. The van der Waals surface area contributed by atoms with Gasteiger partial charge in [-0.05, 0) is 12.5 Å². The van der Waals surface area contributed by atoms with Crippen LogP contribution in [0.15, 0.2) is 28.4 Å². The topological polar surface area (TPSA) is 87.0 Å². The van der Waals surface area contributed by atoms with E-state index in [-0.39, 0.29) is 18.2 Å². The Kier molecular flexibility index (Phi) is 3.38. The maximum Gasteiger partial charge on any atom is 0.290 e. The van der Waals surface area contributed by atoms with Gasteiger partial charge in [-0.1, -0.05) is 18.2 Å². The summed E-state index contributed by atoms with van der Waals surface area (Å²) in [5.41, 5.74) is 2.02. The number of aromatic amines is 1. The lowest BCUT2D eigenvalue weighted by molar-refractivity contribution is -0.121. The average molecular weight is 247 g/mol. The van der Waals surface area contributed by atoms with E-state index in [9.17, 15) is 9.90 Å². The highest BCUT2D eigenvalue weighted by Crippen LogP contribution is 2.36. The van der Waals surface area contributed by atoms with E-state index in [0.717, 1.165) is 16.5 Å². The van der Waals surface area contributed by atoms with E-state index in [4.69, 9.17) is 0 Å². The Labute approximate surface area is 103 Å².